The summed E-state index contributed by atoms with van der Waals surface area (Å²) >= 11 is 0. The summed E-state index contributed by atoms with van der Waals surface area (Å²) in [6, 6.07) is 0. The highest BCUT2D eigenvalue weighted by Crippen LogP contribution is 2.31. The molecule has 4 saturated heterocycles. The van der Waals surface area contributed by atoms with Crippen LogP contribution in [-0.4, -0.2) is 75.8 Å². The first-order valence-electron chi connectivity index (χ1n) is 12.1. The van der Waals surface area contributed by atoms with Gasteiger partial charge in [0.1, 0.15) is 0 Å². The van der Waals surface area contributed by atoms with E-state index in [0.29, 0.717) is 0 Å². The van der Waals surface area contributed by atoms with Crippen LogP contribution < -0.4 is 10.6 Å². The highest BCUT2D eigenvalue weighted by molar-refractivity contribution is 4.81. The Morgan fingerprint density at radius 1 is 0.593 bits per heavy atom. The van der Waals surface area contributed by atoms with E-state index < -0.39 is 0 Å². The van der Waals surface area contributed by atoms with Gasteiger partial charge < -0.3 is 20.4 Å². The molecule has 0 saturated carbocycles. The third kappa shape index (κ3) is 6.99. The predicted molar refractivity (Wildman–Crippen MR) is 116 cm³/mol. The second-order valence-corrected chi connectivity index (χ2v) is 9.59. The summed E-state index contributed by atoms with van der Waals surface area (Å²) in [5.74, 6) is 4.16. The molecule has 0 atom stereocenters. The van der Waals surface area contributed by atoms with Gasteiger partial charge in [0.2, 0.25) is 0 Å². The Bertz CT molecular complexity index is 374. The predicted octanol–water partition coefficient (Wildman–Crippen LogP) is 3.05. The van der Waals surface area contributed by atoms with Crippen LogP contribution in [0.1, 0.15) is 58.3 Å². The Balaban J connectivity index is 0.000000156. The molecule has 0 aromatic rings. The number of likely N-dealkylation sites (tertiary alicyclic amines) is 2. The van der Waals surface area contributed by atoms with Crippen LogP contribution in [0.25, 0.3) is 0 Å². The first-order valence-corrected chi connectivity index (χ1v) is 12.1. The minimum absolute atomic E-state index is 1.04. The third-order valence-electron chi connectivity index (χ3n) is 7.94. The number of rotatable bonds is 3. The molecular formula is C23H46N4. The van der Waals surface area contributed by atoms with Crippen molar-refractivity contribution >= 4 is 0 Å². The van der Waals surface area contributed by atoms with Gasteiger partial charge in [-0.2, -0.15) is 0 Å². The van der Waals surface area contributed by atoms with Gasteiger partial charge in [-0.3, -0.25) is 0 Å². The smallest absolute Gasteiger partial charge is 0.00161 e. The van der Waals surface area contributed by atoms with Crippen molar-refractivity contribution in [1.82, 2.24) is 20.4 Å². The van der Waals surface area contributed by atoms with Gasteiger partial charge in [0, 0.05) is 0 Å². The van der Waals surface area contributed by atoms with E-state index >= 15 is 0 Å². The van der Waals surface area contributed by atoms with E-state index in [1.54, 1.807) is 0 Å². The number of piperidine rings is 4. The molecule has 0 amide bonds. The van der Waals surface area contributed by atoms with Crippen LogP contribution in [0.5, 0.6) is 0 Å². The lowest BCUT2D eigenvalue weighted by molar-refractivity contribution is 0.135. The van der Waals surface area contributed by atoms with E-state index in [2.05, 4.69) is 34.4 Å². The van der Waals surface area contributed by atoms with Gasteiger partial charge in [-0.25, -0.2) is 0 Å². The first kappa shape index (κ1) is 21.5. The number of nitrogens with one attached hydrogen (secondary N) is 2. The molecule has 0 aromatic heterocycles. The molecule has 0 unspecified atom stereocenters. The summed E-state index contributed by atoms with van der Waals surface area (Å²) in [5.41, 5.74) is 0. The molecule has 4 nitrogen and oxygen atoms in total. The van der Waals surface area contributed by atoms with Crippen LogP contribution in [0, 0.1) is 23.7 Å². The lowest BCUT2D eigenvalue weighted by Gasteiger charge is -2.37. The van der Waals surface area contributed by atoms with Gasteiger partial charge >= 0.3 is 0 Å². The average Bonchev–Trinajstić information content (AvgIpc) is 2.76. The molecule has 4 fully saturated rings. The van der Waals surface area contributed by atoms with Crippen molar-refractivity contribution in [3.63, 3.8) is 0 Å². The standard InChI is InChI=1S/C12H24N2.C11H22N2/c1-2-14-9-5-12(6-10-14)11-3-7-13-8-4-11;1-13-8-4-11(5-9-13)10-2-6-12-7-3-10/h11-13H,2-10H2,1H3;10-12H,2-9H2,1H3. The molecule has 4 aliphatic heterocycles. The van der Waals surface area contributed by atoms with Crippen molar-refractivity contribution in [2.45, 2.75) is 58.3 Å². The highest BCUT2D eigenvalue weighted by Gasteiger charge is 2.27. The Kier molecular flexibility index (Phi) is 9.37. The van der Waals surface area contributed by atoms with Crippen molar-refractivity contribution in [2.75, 3.05) is 66.0 Å². The molecule has 4 heterocycles. The Hall–Kier alpha value is -0.160. The lowest BCUT2D eigenvalue weighted by Crippen LogP contribution is -2.39. The summed E-state index contributed by atoms with van der Waals surface area (Å²) in [6.07, 6.45) is 11.5. The molecule has 4 rings (SSSR count). The SMILES string of the molecule is CCN1CCC(C2CCNCC2)CC1.CN1CCC(C2CCNCC2)CC1. The van der Waals surface area contributed by atoms with Gasteiger partial charge in [0.05, 0.1) is 0 Å². The van der Waals surface area contributed by atoms with Crippen LogP contribution in [-0.2, 0) is 0 Å². The van der Waals surface area contributed by atoms with Crippen molar-refractivity contribution in [3.8, 4) is 0 Å². The Morgan fingerprint density at radius 3 is 1.37 bits per heavy atom. The summed E-state index contributed by atoms with van der Waals surface area (Å²) in [4.78, 5) is 5.06. The second kappa shape index (κ2) is 11.7. The topological polar surface area (TPSA) is 30.5 Å². The summed E-state index contributed by atoms with van der Waals surface area (Å²) in [7, 11) is 2.25. The fourth-order valence-electron chi connectivity index (χ4n) is 5.87. The Morgan fingerprint density at radius 2 is 0.963 bits per heavy atom. The fourth-order valence-corrected chi connectivity index (χ4v) is 5.87. The van der Waals surface area contributed by atoms with Crippen LogP contribution in [0.4, 0.5) is 0 Å². The largest absolute Gasteiger partial charge is 0.317 e. The van der Waals surface area contributed by atoms with Crippen molar-refractivity contribution < 1.29 is 0 Å². The average molecular weight is 379 g/mol. The molecular weight excluding hydrogens is 332 g/mol. The second-order valence-electron chi connectivity index (χ2n) is 9.59. The van der Waals surface area contributed by atoms with E-state index in [9.17, 15) is 0 Å². The molecule has 4 aliphatic rings. The zero-order valence-electron chi connectivity index (χ0n) is 18.2. The minimum Gasteiger partial charge on any atom is -0.317 e. The maximum absolute atomic E-state index is 3.46. The molecule has 0 radical (unpaired) electrons. The van der Waals surface area contributed by atoms with Gasteiger partial charge in [-0.15, -0.1) is 0 Å². The lowest BCUT2D eigenvalue weighted by atomic mass is 9.79. The molecule has 2 N–H and O–H groups in total. The number of hydrogen-bond acceptors (Lipinski definition) is 4. The van der Waals surface area contributed by atoms with Gasteiger partial charge in [-0.05, 0) is 141 Å². The van der Waals surface area contributed by atoms with E-state index in [1.807, 2.05) is 0 Å². The molecule has 0 aliphatic carbocycles. The minimum atomic E-state index is 1.04. The van der Waals surface area contributed by atoms with Crippen LogP contribution >= 0.6 is 0 Å². The quantitative estimate of drug-likeness (QED) is 0.790. The maximum atomic E-state index is 3.46. The van der Waals surface area contributed by atoms with Crippen molar-refractivity contribution in [2.24, 2.45) is 23.7 Å². The van der Waals surface area contributed by atoms with E-state index in [4.69, 9.17) is 0 Å². The fraction of sp³-hybridized carbons (Fsp3) is 1.00. The first-order chi connectivity index (χ1) is 13.3. The Labute approximate surface area is 168 Å². The van der Waals surface area contributed by atoms with E-state index in [-0.39, 0.29) is 0 Å². The van der Waals surface area contributed by atoms with Crippen LogP contribution in [0.15, 0.2) is 0 Å². The van der Waals surface area contributed by atoms with E-state index in [0.717, 1.165) is 23.7 Å². The monoisotopic (exact) mass is 378 g/mol. The molecule has 0 bridgehead atoms. The normalized spacial score (nSPS) is 28.7. The summed E-state index contributed by atoms with van der Waals surface area (Å²) in [5, 5.41) is 6.92. The summed E-state index contributed by atoms with van der Waals surface area (Å²) < 4.78 is 0. The molecule has 0 aromatic carbocycles. The van der Waals surface area contributed by atoms with Crippen LogP contribution in [0.2, 0.25) is 0 Å². The summed E-state index contributed by atoms with van der Waals surface area (Å²) in [6.45, 7) is 13.9. The molecule has 4 heteroatoms. The van der Waals surface area contributed by atoms with Gasteiger partial charge in [0.25, 0.3) is 0 Å². The highest BCUT2D eigenvalue weighted by atomic mass is 15.1. The zero-order chi connectivity index (χ0) is 18.9. The van der Waals surface area contributed by atoms with Gasteiger partial charge in [-0.1, -0.05) is 6.92 Å². The van der Waals surface area contributed by atoms with Gasteiger partial charge in [0.15, 0.2) is 0 Å². The van der Waals surface area contributed by atoms with Crippen molar-refractivity contribution in [3.05, 3.63) is 0 Å². The van der Waals surface area contributed by atoms with Crippen LogP contribution in [0.3, 0.4) is 0 Å². The molecule has 158 valence electrons. The van der Waals surface area contributed by atoms with E-state index in [1.165, 1.54) is 110 Å². The number of hydrogen-bond donors (Lipinski definition) is 2. The zero-order valence-corrected chi connectivity index (χ0v) is 18.2. The molecule has 0 spiro atoms. The molecule has 27 heavy (non-hydrogen) atoms. The number of nitrogens with zero attached hydrogens (tertiary/aromatic N) is 2. The third-order valence-corrected chi connectivity index (χ3v) is 7.94. The maximum Gasteiger partial charge on any atom is -0.00161 e. The van der Waals surface area contributed by atoms with Crippen molar-refractivity contribution in [1.29, 1.82) is 0 Å².